The summed E-state index contributed by atoms with van der Waals surface area (Å²) >= 11 is 5.98. The van der Waals surface area contributed by atoms with Crippen molar-refractivity contribution < 1.29 is 4.42 Å². The van der Waals surface area contributed by atoms with Crippen LogP contribution in [0.1, 0.15) is 30.0 Å². The van der Waals surface area contributed by atoms with Gasteiger partial charge in [0.2, 0.25) is 0 Å². The topological polar surface area (TPSA) is 49.0 Å². The van der Waals surface area contributed by atoms with Crippen molar-refractivity contribution in [2.24, 2.45) is 0 Å². The lowest BCUT2D eigenvalue weighted by atomic mass is 10.2. The molecule has 92 valence electrons. The second-order valence-corrected chi connectivity index (χ2v) is 4.53. The fourth-order valence-corrected chi connectivity index (χ4v) is 1.93. The van der Waals surface area contributed by atoms with Crippen LogP contribution in [0.25, 0.3) is 0 Å². The van der Waals surface area contributed by atoms with E-state index in [0.717, 1.165) is 17.2 Å². The molecule has 2 rings (SSSR count). The molecule has 0 bridgehead atoms. The molecule has 1 aromatic heterocycles. The van der Waals surface area contributed by atoms with Crippen molar-refractivity contribution in [3.63, 3.8) is 0 Å². The number of nitriles is 1. The molecular weight excluding hydrogens is 248 g/mol. The SMILES string of the molecule is Cc1ccc(C(C)Nc2ccc(C#N)c(Cl)c2)o1. The second-order valence-electron chi connectivity index (χ2n) is 4.12. The predicted octanol–water partition coefficient (Wildman–Crippen LogP) is 4.29. The Hall–Kier alpha value is -1.92. The summed E-state index contributed by atoms with van der Waals surface area (Å²) in [5.41, 5.74) is 1.34. The Kier molecular flexibility index (Phi) is 3.59. The third kappa shape index (κ3) is 2.66. The van der Waals surface area contributed by atoms with Crippen molar-refractivity contribution in [2.45, 2.75) is 19.9 Å². The fourth-order valence-electron chi connectivity index (χ4n) is 1.70. The van der Waals surface area contributed by atoms with Crippen molar-refractivity contribution in [1.82, 2.24) is 0 Å². The molecule has 0 fully saturated rings. The molecule has 4 heteroatoms. The molecule has 0 aliphatic carbocycles. The van der Waals surface area contributed by atoms with Gasteiger partial charge in [-0.05, 0) is 44.2 Å². The molecule has 0 saturated carbocycles. The number of benzene rings is 1. The number of anilines is 1. The number of hydrogen-bond donors (Lipinski definition) is 1. The Morgan fingerprint density at radius 1 is 1.33 bits per heavy atom. The monoisotopic (exact) mass is 260 g/mol. The van der Waals surface area contributed by atoms with Crippen molar-refractivity contribution in [1.29, 1.82) is 5.26 Å². The van der Waals surface area contributed by atoms with Gasteiger partial charge < -0.3 is 9.73 Å². The van der Waals surface area contributed by atoms with Crippen LogP contribution < -0.4 is 5.32 Å². The highest BCUT2D eigenvalue weighted by Gasteiger charge is 2.10. The van der Waals surface area contributed by atoms with E-state index in [0.29, 0.717) is 10.6 Å². The Labute approximate surface area is 111 Å². The minimum atomic E-state index is 0.0442. The zero-order chi connectivity index (χ0) is 13.1. The largest absolute Gasteiger partial charge is 0.464 e. The molecular formula is C14H13ClN2O. The molecule has 0 aliphatic heterocycles. The van der Waals surface area contributed by atoms with Gasteiger partial charge in [-0.3, -0.25) is 0 Å². The first-order valence-electron chi connectivity index (χ1n) is 5.62. The van der Waals surface area contributed by atoms with Crippen LogP contribution in [-0.2, 0) is 0 Å². The molecule has 0 saturated heterocycles. The Morgan fingerprint density at radius 2 is 2.11 bits per heavy atom. The maximum Gasteiger partial charge on any atom is 0.126 e. The summed E-state index contributed by atoms with van der Waals surface area (Å²) in [5, 5.41) is 12.5. The van der Waals surface area contributed by atoms with Gasteiger partial charge in [-0.2, -0.15) is 5.26 Å². The molecule has 18 heavy (non-hydrogen) atoms. The molecule has 1 atom stereocenters. The van der Waals surface area contributed by atoms with E-state index in [9.17, 15) is 0 Å². The minimum Gasteiger partial charge on any atom is -0.464 e. The van der Waals surface area contributed by atoms with Crippen LogP contribution in [0.15, 0.2) is 34.7 Å². The van der Waals surface area contributed by atoms with Crippen LogP contribution in [0.3, 0.4) is 0 Å². The Bertz CT molecular complexity index is 598. The van der Waals surface area contributed by atoms with Crippen LogP contribution in [0, 0.1) is 18.3 Å². The van der Waals surface area contributed by atoms with Gasteiger partial charge in [0.25, 0.3) is 0 Å². The van der Waals surface area contributed by atoms with E-state index in [-0.39, 0.29) is 6.04 Å². The second kappa shape index (κ2) is 5.16. The average Bonchev–Trinajstić information content (AvgIpc) is 2.76. The number of hydrogen-bond acceptors (Lipinski definition) is 3. The molecule has 0 radical (unpaired) electrons. The lowest BCUT2D eigenvalue weighted by Gasteiger charge is -2.13. The van der Waals surface area contributed by atoms with E-state index in [1.54, 1.807) is 12.1 Å². The van der Waals surface area contributed by atoms with Crippen LogP contribution in [0.4, 0.5) is 5.69 Å². The zero-order valence-corrected chi connectivity index (χ0v) is 11.0. The van der Waals surface area contributed by atoms with E-state index < -0.39 is 0 Å². The summed E-state index contributed by atoms with van der Waals surface area (Å²) in [6.45, 7) is 3.92. The summed E-state index contributed by atoms with van der Waals surface area (Å²) in [5.74, 6) is 1.75. The predicted molar refractivity (Wildman–Crippen MR) is 71.6 cm³/mol. The molecule has 1 aromatic carbocycles. The summed E-state index contributed by atoms with van der Waals surface area (Å²) < 4.78 is 5.54. The van der Waals surface area contributed by atoms with E-state index in [4.69, 9.17) is 21.3 Å². The summed E-state index contributed by atoms with van der Waals surface area (Å²) in [7, 11) is 0. The highest BCUT2D eigenvalue weighted by Crippen LogP contribution is 2.25. The van der Waals surface area contributed by atoms with Crippen molar-refractivity contribution in [2.75, 3.05) is 5.32 Å². The highest BCUT2D eigenvalue weighted by molar-refractivity contribution is 6.32. The molecule has 0 aliphatic rings. The third-order valence-corrected chi connectivity index (χ3v) is 2.97. The number of furan rings is 1. The lowest BCUT2D eigenvalue weighted by Crippen LogP contribution is -2.05. The van der Waals surface area contributed by atoms with Crippen molar-refractivity contribution in [3.05, 3.63) is 52.4 Å². The van der Waals surface area contributed by atoms with Crippen LogP contribution in [0.5, 0.6) is 0 Å². The maximum atomic E-state index is 8.80. The van der Waals surface area contributed by atoms with E-state index in [2.05, 4.69) is 5.32 Å². The number of nitrogens with one attached hydrogen (secondary N) is 1. The molecule has 1 heterocycles. The summed E-state index contributed by atoms with van der Waals surface area (Å²) in [6.07, 6.45) is 0. The highest BCUT2D eigenvalue weighted by atomic mass is 35.5. The van der Waals surface area contributed by atoms with Gasteiger partial charge in [0.05, 0.1) is 16.6 Å². The molecule has 0 spiro atoms. The Balaban J connectivity index is 2.15. The van der Waals surface area contributed by atoms with Gasteiger partial charge in [-0.25, -0.2) is 0 Å². The maximum absolute atomic E-state index is 8.80. The molecule has 2 aromatic rings. The van der Waals surface area contributed by atoms with Gasteiger partial charge in [0.1, 0.15) is 17.6 Å². The Morgan fingerprint density at radius 3 is 2.67 bits per heavy atom. The standard InChI is InChI=1S/C14H13ClN2O/c1-9-3-6-14(18-9)10(2)17-12-5-4-11(8-16)13(15)7-12/h3-7,10,17H,1-2H3. The van der Waals surface area contributed by atoms with Gasteiger partial charge in [0.15, 0.2) is 0 Å². The first kappa shape index (κ1) is 12.5. The third-order valence-electron chi connectivity index (χ3n) is 2.66. The number of rotatable bonds is 3. The number of halogens is 1. The van der Waals surface area contributed by atoms with Gasteiger partial charge >= 0.3 is 0 Å². The molecule has 0 amide bonds. The lowest BCUT2D eigenvalue weighted by molar-refractivity contribution is 0.467. The van der Waals surface area contributed by atoms with E-state index >= 15 is 0 Å². The average molecular weight is 261 g/mol. The molecule has 3 nitrogen and oxygen atoms in total. The van der Waals surface area contributed by atoms with Crippen molar-refractivity contribution in [3.8, 4) is 6.07 Å². The van der Waals surface area contributed by atoms with Crippen LogP contribution in [0.2, 0.25) is 5.02 Å². The van der Waals surface area contributed by atoms with Gasteiger partial charge in [-0.15, -0.1) is 0 Å². The molecule has 1 N–H and O–H groups in total. The van der Waals surface area contributed by atoms with E-state index in [1.807, 2.05) is 38.1 Å². The minimum absolute atomic E-state index is 0.0442. The number of aryl methyl sites for hydroxylation is 1. The van der Waals surface area contributed by atoms with Crippen molar-refractivity contribution >= 4 is 17.3 Å². The quantitative estimate of drug-likeness (QED) is 0.896. The van der Waals surface area contributed by atoms with Crippen LogP contribution >= 0.6 is 11.6 Å². The smallest absolute Gasteiger partial charge is 0.126 e. The number of nitrogens with zero attached hydrogens (tertiary/aromatic N) is 1. The van der Waals surface area contributed by atoms with Gasteiger partial charge in [0, 0.05) is 5.69 Å². The first-order chi connectivity index (χ1) is 8.60. The fraction of sp³-hybridized carbons (Fsp3) is 0.214. The van der Waals surface area contributed by atoms with E-state index in [1.165, 1.54) is 0 Å². The summed E-state index contributed by atoms with van der Waals surface area (Å²) in [4.78, 5) is 0. The molecule has 1 unspecified atom stereocenters. The zero-order valence-electron chi connectivity index (χ0n) is 10.2. The van der Waals surface area contributed by atoms with Crippen LogP contribution in [-0.4, -0.2) is 0 Å². The summed E-state index contributed by atoms with van der Waals surface area (Å²) in [6, 6.07) is 11.2. The first-order valence-corrected chi connectivity index (χ1v) is 6.00. The normalized spacial score (nSPS) is 11.9. The van der Waals surface area contributed by atoms with Gasteiger partial charge in [-0.1, -0.05) is 11.6 Å².